The van der Waals surface area contributed by atoms with Crippen LogP contribution in [0.4, 0.5) is 0 Å². The Balaban J connectivity index is 2.21. The highest BCUT2D eigenvalue weighted by atomic mass is 15.0. The maximum Gasteiger partial charge on any atom is 0.126 e. The monoisotopic (exact) mass is 207 g/mol. The first-order chi connectivity index (χ1) is 7.27. The van der Waals surface area contributed by atoms with E-state index in [-0.39, 0.29) is 5.54 Å². The van der Waals surface area contributed by atoms with Gasteiger partial charge in [0.15, 0.2) is 0 Å². The second-order valence-corrected chi connectivity index (χ2v) is 4.71. The van der Waals surface area contributed by atoms with Gasteiger partial charge in [-0.1, -0.05) is 26.2 Å². The van der Waals surface area contributed by atoms with Gasteiger partial charge in [0.25, 0.3) is 0 Å². The van der Waals surface area contributed by atoms with Crippen LogP contribution in [0.5, 0.6) is 0 Å². The molecule has 2 rings (SSSR count). The molecule has 0 spiro atoms. The summed E-state index contributed by atoms with van der Waals surface area (Å²) in [4.78, 5) is 7.56. The maximum atomic E-state index is 6.56. The van der Waals surface area contributed by atoms with Crippen molar-refractivity contribution in [2.75, 3.05) is 0 Å². The van der Waals surface area contributed by atoms with Crippen molar-refractivity contribution < 1.29 is 0 Å². The molecule has 3 heteroatoms. The van der Waals surface area contributed by atoms with Crippen LogP contribution in [0.15, 0.2) is 12.4 Å². The fourth-order valence-corrected chi connectivity index (χ4v) is 2.85. The summed E-state index contributed by atoms with van der Waals surface area (Å²) in [6.45, 7) is 2.23. The Morgan fingerprint density at radius 1 is 1.60 bits per heavy atom. The summed E-state index contributed by atoms with van der Waals surface area (Å²) >= 11 is 0. The molecule has 0 aliphatic heterocycles. The zero-order valence-electron chi connectivity index (χ0n) is 9.50. The normalized spacial score (nSPS) is 31.7. The fraction of sp³-hybridized carbons (Fsp3) is 0.750. The van der Waals surface area contributed by atoms with Crippen molar-refractivity contribution in [3.05, 3.63) is 18.2 Å². The van der Waals surface area contributed by atoms with Gasteiger partial charge in [-0.15, -0.1) is 0 Å². The Hall–Kier alpha value is -0.830. The highest BCUT2D eigenvalue weighted by Crippen LogP contribution is 2.40. The number of hydrogen-bond acceptors (Lipinski definition) is 2. The summed E-state index contributed by atoms with van der Waals surface area (Å²) in [6, 6.07) is 0. The van der Waals surface area contributed by atoms with E-state index >= 15 is 0 Å². The van der Waals surface area contributed by atoms with Crippen molar-refractivity contribution in [2.24, 2.45) is 11.7 Å². The molecular weight excluding hydrogens is 186 g/mol. The fourth-order valence-electron chi connectivity index (χ4n) is 2.85. The standard InChI is InChI=1S/C12H21N3/c1-2-5-10-6-3-4-7-12(10,13)11-14-8-9-15-11/h8-10H,2-7,13H2,1H3,(H,14,15)/t10-,12-/m1/s1. The largest absolute Gasteiger partial charge is 0.347 e. The Morgan fingerprint density at radius 2 is 2.47 bits per heavy atom. The molecule has 0 amide bonds. The molecule has 2 atom stereocenters. The van der Waals surface area contributed by atoms with Gasteiger partial charge >= 0.3 is 0 Å². The molecule has 1 heterocycles. The van der Waals surface area contributed by atoms with E-state index in [1.54, 1.807) is 0 Å². The lowest BCUT2D eigenvalue weighted by molar-refractivity contribution is 0.168. The molecular formula is C12H21N3. The molecule has 15 heavy (non-hydrogen) atoms. The number of nitrogens with one attached hydrogen (secondary N) is 1. The van der Waals surface area contributed by atoms with Crippen LogP contribution >= 0.6 is 0 Å². The van der Waals surface area contributed by atoms with E-state index in [1.165, 1.54) is 32.1 Å². The summed E-state index contributed by atoms with van der Waals surface area (Å²) in [7, 11) is 0. The quantitative estimate of drug-likeness (QED) is 0.800. The van der Waals surface area contributed by atoms with Crippen molar-refractivity contribution >= 4 is 0 Å². The first-order valence-corrected chi connectivity index (χ1v) is 6.06. The molecule has 1 aliphatic carbocycles. The average Bonchev–Trinajstić information content (AvgIpc) is 2.75. The van der Waals surface area contributed by atoms with Crippen molar-refractivity contribution in [3.8, 4) is 0 Å². The van der Waals surface area contributed by atoms with Gasteiger partial charge in [-0.05, 0) is 25.2 Å². The lowest BCUT2D eigenvalue weighted by atomic mass is 9.71. The Kier molecular flexibility index (Phi) is 3.10. The zero-order valence-corrected chi connectivity index (χ0v) is 9.50. The van der Waals surface area contributed by atoms with Crippen molar-refractivity contribution in [2.45, 2.75) is 51.0 Å². The Labute approximate surface area is 91.5 Å². The minimum atomic E-state index is -0.197. The van der Waals surface area contributed by atoms with Gasteiger partial charge in [-0.2, -0.15) is 0 Å². The topological polar surface area (TPSA) is 54.7 Å². The summed E-state index contributed by atoms with van der Waals surface area (Å²) < 4.78 is 0. The van der Waals surface area contributed by atoms with E-state index in [9.17, 15) is 0 Å². The van der Waals surface area contributed by atoms with Crippen LogP contribution in [-0.4, -0.2) is 9.97 Å². The SMILES string of the molecule is CCC[C@@H]1CCCC[C@]1(N)c1ncc[nH]1. The third-order valence-corrected chi connectivity index (χ3v) is 3.70. The van der Waals surface area contributed by atoms with E-state index in [0.717, 1.165) is 12.2 Å². The first kappa shape index (κ1) is 10.7. The number of aromatic amines is 1. The van der Waals surface area contributed by atoms with Gasteiger partial charge in [0.1, 0.15) is 5.82 Å². The van der Waals surface area contributed by atoms with E-state index < -0.39 is 0 Å². The molecule has 3 nitrogen and oxygen atoms in total. The number of rotatable bonds is 3. The number of H-pyrrole nitrogens is 1. The van der Waals surface area contributed by atoms with E-state index in [4.69, 9.17) is 5.73 Å². The van der Waals surface area contributed by atoms with Gasteiger partial charge in [0.05, 0.1) is 5.54 Å². The van der Waals surface area contributed by atoms with Crippen LogP contribution in [0.2, 0.25) is 0 Å². The molecule has 3 N–H and O–H groups in total. The summed E-state index contributed by atoms with van der Waals surface area (Å²) in [5.41, 5.74) is 6.36. The molecule has 1 saturated carbocycles. The highest BCUT2D eigenvalue weighted by molar-refractivity contribution is 5.09. The first-order valence-electron chi connectivity index (χ1n) is 6.06. The summed E-state index contributed by atoms with van der Waals surface area (Å²) in [5, 5.41) is 0. The molecule has 0 radical (unpaired) electrons. The van der Waals surface area contributed by atoms with Gasteiger partial charge < -0.3 is 10.7 Å². The molecule has 0 aromatic carbocycles. The summed E-state index contributed by atoms with van der Waals surface area (Å²) in [6.07, 6.45) is 11.0. The second-order valence-electron chi connectivity index (χ2n) is 4.71. The molecule has 1 aromatic heterocycles. The lowest BCUT2D eigenvalue weighted by Crippen LogP contribution is -2.47. The number of hydrogen-bond donors (Lipinski definition) is 2. The van der Waals surface area contributed by atoms with Crippen LogP contribution in [-0.2, 0) is 5.54 Å². The van der Waals surface area contributed by atoms with Crippen LogP contribution in [0.3, 0.4) is 0 Å². The zero-order chi connectivity index (χ0) is 10.7. The average molecular weight is 207 g/mol. The lowest BCUT2D eigenvalue weighted by Gasteiger charge is -2.39. The Morgan fingerprint density at radius 3 is 3.13 bits per heavy atom. The van der Waals surface area contributed by atoms with Gasteiger partial charge in [-0.3, -0.25) is 0 Å². The third kappa shape index (κ3) is 1.93. The third-order valence-electron chi connectivity index (χ3n) is 3.70. The predicted molar refractivity (Wildman–Crippen MR) is 61.3 cm³/mol. The van der Waals surface area contributed by atoms with Crippen LogP contribution in [0.1, 0.15) is 51.3 Å². The smallest absolute Gasteiger partial charge is 0.126 e. The minimum Gasteiger partial charge on any atom is -0.347 e. The Bertz CT molecular complexity index is 292. The maximum absolute atomic E-state index is 6.56. The van der Waals surface area contributed by atoms with Crippen LogP contribution in [0.25, 0.3) is 0 Å². The molecule has 1 aliphatic rings. The minimum absolute atomic E-state index is 0.197. The van der Waals surface area contributed by atoms with Gasteiger partial charge in [-0.25, -0.2) is 4.98 Å². The highest BCUT2D eigenvalue weighted by Gasteiger charge is 2.39. The van der Waals surface area contributed by atoms with Crippen molar-refractivity contribution in [1.82, 2.24) is 9.97 Å². The van der Waals surface area contributed by atoms with Gasteiger partial charge in [0.2, 0.25) is 0 Å². The molecule has 0 bridgehead atoms. The molecule has 84 valence electrons. The van der Waals surface area contributed by atoms with Crippen LogP contribution in [0, 0.1) is 5.92 Å². The van der Waals surface area contributed by atoms with E-state index in [2.05, 4.69) is 16.9 Å². The molecule has 0 saturated heterocycles. The van der Waals surface area contributed by atoms with Crippen molar-refractivity contribution in [3.63, 3.8) is 0 Å². The number of aromatic nitrogens is 2. The van der Waals surface area contributed by atoms with Gasteiger partial charge in [0, 0.05) is 12.4 Å². The number of nitrogens with two attached hydrogens (primary N) is 1. The number of imidazole rings is 1. The second kappa shape index (κ2) is 4.35. The molecule has 1 aromatic rings. The predicted octanol–water partition coefficient (Wildman–Crippen LogP) is 2.55. The van der Waals surface area contributed by atoms with E-state index in [1.807, 2.05) is 12.4 Å². The molecule has 1 fully saturated rings. The van der Waals surface area contributed by atoms with Crippen LogP contribution < -0.4 is 5.73 Å². The number of nitrogens with zero attached hydrogens (tertiary/aromatic N) is 1. The van der Waals surface area contributed by atoms with Crippen molar-refractivity contribution in [1.29, 1.82) is 0 Å². The van der Waals surface area contributed by atoms with E-state index in [0.29, 0.717) is 5.92 Å². The molecule has 0 unspecified atom stereocenters. The summed E-state index contributed by atoms with van der Waals surface area (Å²) in [5.74, 6) is 1.59.